The van der Waals surface area contributed by atoms with Gasteiger partial charge in [0.15, 0.2) is 6.10 Å². The maximum atomic E-state index is 12.9. The molecule has 1 heterocycles. The first-order valence-corrected chi connectivity index (χ1v) is 8.10. The predicted octanol–water partition coefficient (Wildman–Crippen LogP) is 2.56. The highest BCUT2D eigenvalue weighted by Crippen LogP contribution is 2.26. The zero-order valence-electron chi connectivity index (χ0n) is 14.1. The minimum atomic E-state index is -1.74. The van der Waals surface area contributed by atoms with Crippen LogP contribution in [-0.4, -0.2) is 27.2 Å². The first-order chi connectivity index (χ1) is 12.9. The van der Waals surface area contributed by atoms with Gasteiger partial charge in [-0.1, -0.05) is 6.07 Å². The molecule has 0 saturated heterocycles. The molecule has 6 nitrogen and oxygen atoms in total. The number of amides is 1. The number of benzene rings is 2. The lowest BCUT2D eigenvalue weighted by atomic mass is 10.1. The lowest BCUT2D eigenvalue weighted by Gasteiger charge is -2.15. The summed E-state index contributed by atoms with van der Waals surface area (Å²) >= 11 is 0. The standard InChI is InChI=1S/C20H17FN2O4/c21-13-6-10-15(11-7-13)27-14-8-4-12(5-9-14)16-2-1-3-17(23-16)18(24)19(25)20(22)26/h1-11,18-19,24-25H,(H2,22,26)/t18-,19+/m0/s1. The van der Waals surface area contributed by atoms with Crippen LogP contribution < -0.4 is 10.5 Å². The summed E-state index contributed by atoms with van der Waals surface area (Å²) in [5, 5.41) is 19.6. The molecule has 0 bridgehead atoms. The van der Waals surface area contributed by atoms with Crippen molar-refractivity contribution in [2.45, 2.75) is 12.2 Å². The molecular formula is C20H17FN2O4. The van der Waals surface area contributed by atoms with Gasteiger partial charge in [0.25, 0.3) is 0 Å². The molecule has 2 atom stereocenters. The lowest BCUT2D eigenvalue weighted by molar-refractivity contribution is -0.132. The Balaban J connectivity index is 1.78. The summed E-state index contributed by atoms with van der Waals surface area (Å²) in [6, 6.07) is 17.5. The molecule has 7 heteroatoms. The maximum absolute atomic E-state index is 12.9. The van der Waals surface area contributed by atoms with E-state index in [1.165, 1.54) is 30.3 Å². The summed E-state index contributed by atoms with van der Waals surface area (Å²) in [5.41, 5.74) is 6.41. The number of pyridine rings is 1. The molecule has 138 valence electrons. The van der Waals surface area contributed by atoms with Crippen LogP contribution in [0, 0.1) is 5.82 Å². The zero-order chi connectivity index (χ0) is 19.4. The van der Waals surface area contributed by atoms with Crippen LogP contribution >= 0.6 is 0 Å². The van der Waals surface area contributed by atoms with Gasteiger partial charge in [0.1, 0.15) is 23.4 Å². The smallest absolute Gasteiger partial charge is 0.249 e. The molecule has 0 aliphatic carbocycles. The Morgan fingerprint density at radius 2 is 1.56 bits per heavy atom. The summed E-state index contributed by atoms with van der Waals surface area (Å²) in [5.74, 6) is -0.303. The van der Waals surface area contributed by atoms with Crippen molar-refractivity contribution in [2.24, 2.45) is 5.73 Å². The van der Waals surface area contributed by atoms with Crippen LogP contribution in [0.1, 0.15) is 11.8 Å². The Bertz CT molecular complexity index is 929. The van der Waals surface area contributed by atoms with E-state index in [1.54, 1.807) is 36.4 Å². The monoisotopic (exact) mass is 368 g/mol. The number of carbonyl (C=O) groups excluding carboxylic acids is 1. The Kier molecular flexibility index (Phi) is 5.44. The molecule has 1 amide bonds. The van der Waals surface area contributed by atoms with Crippen LogP contribution in [0.2, 0.25) is 0 Å². The molecule has 3 aromatic rings. The number of nitrogens with two attached hydrogens (primary N) is 1. The highest BCUT2D eigenvalue weighted by molar-refractivity contribution is 5.79. The molecule has 0 aliphatic heterocycles. The quantitative estimate of drug-likeness (QED) is 0.620. The number of carbonyl (C=O) groups is 1. The number of aliphatic hydroxyl groups excluding tert-OH is 2. The number of ether oxygens (including phenoxy) is 1. The number of hydrogen-bond acceptors (Lipinski definition) is 5. The Hall–Kier alpha value is -3.29. The van der Waals surface area contributed by atoms with Crippen molar-refractivity contribution in [3.8, 4) is 22.8 Å². The molecule has 0 radical (unpaired) electrons. The number of rotatable bonds is 6. The molecule has 4 N–H and O–H groups in total. The first kappa shape index (κ1) is 18.5. The SMILES string of the molecule is NC(=O)[C@H](O)[C@@H](O)c1cccc(-c2ccc(Oc3ccc(F)cc3)cc2)n1. The van der Waals surface area contributed by atoms with E-state index in [0.29, 0.717) is 17.2 Å². The Morgan fingerprint density at radius 3 is 2.15 bits per heavy atom. The molecule has 3 rings (SSSR count). The molecule has 0 saturated carbocycles. The van der Waals surface area contributed by atoms with E-state index < -0.39 is 18.1 Å². The van der Waals surface area contributed by atoms with Gasteiger partial charge in [-0.15, -0.1) is 0 Å². The van der Waals surface area contributed by atoms with Crippen LogP contribution in [0.5, 0.6) is 11.5 Å². The summed E-state index contributed by atoms with van der Waals surface area (Å²) in [6.07, 6.45) is -3.25. The molecule has 0 aliphatic rings. The third-order valence-electron chi connectivity index (χ3n) is 3.86. The fraction of sp³-hybridized carbons (Fsp3) is 0.100. The van der Waals surface area contributed by atoms with E-state index in [2.05, 4.69) is 4.98 Å². The van der Waals surface area contributed by atoms with Crippen molar-refractivity contribution in [2.75, 3.05) is 0 Å². The number of aromatic nitrogens is 1. The van der Waals surface area contributed by atoms with Crippen molar-refractivity contribution < 1.29 is 24.1 Å². The summed E-state index contributed by atoms with van der Waals surface area (Å²) in [7, 11) is 0. The average Bonchev–Trinajstić information content (AvgIpc) is 2.69. The normalized spacial score (nSPS) is 13.0. The van der Waals surface area contributed by atoms with Crippen molar-refractivity contribution in [1.82, 2.24) is 4.98 Å². The molecule has 27 heavy (non-hydrogen) atoms. The van der Waals surface area contributed by atoms with Gasteiger partial charge in [-0.25, -0.2) is 9.37 Å². The van der Waals surface area contributed by atoms with E-state index in [9.17, 15) is 19.4 Å². The average molecular weight is 368 g/mol. The molecule has 1 aromatic heterocycles. The molecular weight excluding hydrogens is 351 g/mol. The zero-order valence-corrected chi connectivity index (χ0v) is 14.1. The van der Waals surface area contributed by atoms with E-state index in [4.69, 9.17) is 10.5 Å². The van der Waals surface area contributed by atoms with Gasteiger partial charge in [0.2, 0.25) is 5.91 Å². The number of halogens is 1. The third kappa shape index (κ3) is 4.46. The van der Waals surface area contributed by atoms with Gasteiger partial charge < -0.3 is 20.7 Å². The minimum absolute atomic E-state index is 0.130. The van der Waals surface area contributed by atoms with Crippen molar-refractivity contribution in [1.29, 1.82) is 0 Å². The van der Waals surface area contributed by atoms with Crippen molar-refractivity contribution >= 4 is 5.91 Å². The van der Waals surface area contributed by atoms with Crippen molar-refractivity contribution in [3.63, 3.8) is 0 Å². The number of nitrogens with zero attached hydrogens (tertiary/aromatic N) is 1. The Labute approximate surface area is 154 Å². The van der Waals surface area contributed by atoms with Gasteiger partial charge in [0.05, 0.1) is 11.4 Å². The highest BCUT2D eigenvalue weighted by Gasteiger charge is 2.24. The van der Waals surface area contributed by atoms with Gasteiger partial charge in [0, 0.05) is 5.56 Å². The largest absolute Gasteiger partial charge is 0.457 e. The Morgan fingerprint density at radius 1 is 0.963 bits per heavy atom. The van der Waals surface area contributed by atoms with Crippen LogP contribution in [-0.2, 0) is 4.79 Å². The topological polar surface area (TPSA) is 106 Å². The lowest BCUT2D eigenvalue weighted by Crippen LogP contribution is -2.34. The van der Waals surface area contributed by atoms with Gasteiger partial charge in [-0.05, 0) is 60.7 Å². The second-order valence-electron chi connectivity index (χ2n) is 5.82. The van der Waals surface area contributed by atoms with E-state index >= 15 is 0 Å². The third-order valence-corrected chi connectivity index (χ3v) is 3.86. The summed E-state index contributed by atoms with van der Waals surface area (Å²) in [6.45, 7) is 0. The highest BCUT2D eigenvalue weighted by atomic mass is 19.1. The first-order valence-electron chi connectivity index (χ1n) is 8.10. The fourth-order valence-corrected chi connectivity index (χ4v) is 2.43. The van der Waals surface area contributed by atoms with Crippen molar-refractivity contribution in [3.05, 3.63) is 78.2 Å². The van der Waals surface area contributed by atoms with Crippen LogP contribution in [0.25, 0.3) is 11.3 Å². The van der Waals surface area contributed by atoms with Crippen LogP contribution in [0.15, 0.2) is 66.7 Å². The summed E-state index contributed by atoms with van der Waals surface area (Å²) < 4.78 is 18.6. The second-order valence-corrected chi connectivity index (χ2v) is 5.82. The van der Waals surface area contributed by atoms with E-state index in [-0.39, 0.29) is 11.5 Å². The van der Waals surface area contributed by atoms with E-state index in [0.717, 1.165) is 5.56 Å². The molecule has 0 fully saturated rings. The summed E-state index contributed by atoms with van der Waals surface area (Å²) in [4.78, 5) is 15.3. The number of hydrogen-bond donors (Lipinski definition) is 3. The number of primary amides is 1. The molecule has 0 unspecified atom stereocenters. The predicted molar refractivity (Wildman–Crippen MR) is 96.3 cm³/mol. The fourth-order valence-electron chi connectivity index (χ4n) is 2.43. The minimum Gasteiger partial charge on any atom is -0.457 e. The van der Waals surface area contributed by atoms with Crippen LogP contribution in [0.4, 0.5) is 4.39 Å². The van der Waals surface area contributed by atoms with E-state index in [1.807, 2.05) is 0 Å². The van der Waals surface area contributed by atoms with Gasteiger partial charge >= 0.3 is 0 Å². The number of aliphatic hydroxyl groups is 2. The maximum Gasteiger partial charge on any atom is 0.249 e. The van der Waals surface area contributed by atoms with Gasteiger partial charge in [-0.2, -0.15) is 0 Å². The van der Waals surface area contributed by atoms with Gasteiger partial charge in [-0.3, -0.25) is 4.79 Å². The molecule has 2 aromatic carbocycles. The van der Waals surface area contributed by atoms with Crippen LogP contribution in [0.3, 0.4) is 0 Å². The molecule has 0 spiro atoms. The second kappa shape index (κ2) is 7.94.